The summed E-state index contributed by atoms with van der Waals surface area (Å²) in [4.78, 5) is 29.2. The van der Waals surface area contributed by atoms with Gasteiger partial charge in [0, 0.05) is 6.54 Å². The lowest BCUT2D eigenvalue weighted by Gasteiger charge is -2.20. The number of carbonyl (C=O) groups excluding carboxylic acids is 1. The number of aliphatic carboxylic acids is 1. The van der Waals surface area contributed by atoms with Crippen LogP contribution in [0.1, 0.15) is 12.8 Å². The highest BCUT2D eigenvalue weighted by molar-refractivity contribution is 8.01. The van der Waals surface area contributed by atoms with Gasteiger partial charge in [0.15, 0.2) is 4.34 Å². The first-order chi connectivity index (χ1) is 10.1. The molecule has 1 aliphatic rings. The Kier molecular flexibility index (Phi) is 4.12. The SMILES string of the molecule is O=C(O)[C@H]1CCCN1C(=O)CSc1nc2ccccc2s1. The van der Waals surface area contributed by atoms with Crippen molar-refractivity contribution in [3.63, 3.8) is 0 Å². The van der Waals surface area contributed by atoms with Gasteiger partial charge in [-0.05, 0) is 25.0 Å². The highest BCUT2D eigenvalue weighted by Crippen LogP contribution is 2.30. The van der Waals surface area contributed by atoms with E-state index in [1.165, 1.54) is 16.7 Å². The maximum Gasteiger partial charge on any atom is 0.326 e. The summed E-state index contributed by atoms with van der Waals surface area (Å²) in [6, 6.07) is 7.18. The summed E-state index contributed by atoms with van der Waals surface area (Å²) < 4.78 is 1.94. The number of para-hydroxylation sites is 1. The van der Waals surface area contributed by atoms with Crippen molar-refractivity contribution >= 4 is 45.2 Å². The van der Waals surface area contributed by atoms with E-state index in [2.05, 4.69) is 4.98 Å². The first-order valence-electron chi connectivity index (χ1n) is 6.66. The molecule has 2 aromatic rings. The minimum absolute atomic E-state index is 0.121. The molecular formula is C14H14N2O3S2. The quantitative estimate of drug-likeness (QED) is 0.876. The molecule has 7 heteroatoms. The zero-order chi connectivity index (χ0) is 14.8. The maximum atomic E-state index is 12.2. The fourth-order valence-electron chi connectivity index (χ4n) is 2.44. The van der Waals surface area contributed by atoms with Gasteiger partial charge in [0.05, 0.1) is 16.0 Å². The molecule has 1 saturated heterocycles. The molecule has 110 valence electrons. The first kappa shape index (κ1) is 14.3. The van der Waals surface area contributed by atoms with E-state index < -0.39 is 12.0 Å². The van der Waals surface area contributed by atoms with Crippen LogP contribution < -0.4 is 0 Å². The van der Waals surface area contributed by atoms with Crippen LogP contribution >= 0.6 is 23.1 Å². The topological polar surface area (TPSA) is 70.5 Å². The minimum atomic E-state index is -0.911. The molecule has 0 aliphatic carbocycles. The summed E-state index contributed by atoms with van der Waals surface area (Å²) in [5.41, 5.74) is 0.932. The molecule has 1 N–H and O–H groups in total. The first-order valence-corrected chi connectivity index (χ1v) is 8.46. The lowest BCUT2D eigenvalue weighted by atomic mass is 10.2. The van der Waals surface area contributed by atoms with Crippen molar-refractivity contribution in [2.24, 2.45) is 0 Å². The maximum absolute atomic E-state index is 12.2. The Morgan fingerprint density at radius 3 is 3.00 bits per heavy atom. The monoisotopic (exact) mass is 322 g/mol. The number of hydrogen-bond acceptors (Lipinski definition) is 5. The molecule has 1 amide bonds. The number of thiazole rings is 1. The highest BCUT2D eigenvalue weighted by atomic mass is 32.2. The van der Waals surface area contributed by atoms with Crippen LogP contribution in [0.2, 0.25) is 0 Å². The number of carboxylic acid groups (broad SMARTS) is 1. The number of thioether (sulfide) groups is 1. The van der Waals surface area contributed by atoms with Gasteiger partial charge in [0.25, 0.3) is 0 Å². The fourth-order valence-corrected chi connectivity index (χ4v) is 4.40. The minimum Gasteiger partial charge on any atom is -0.480 e. The Bertz CT molecular complexity index is 653. The summed E-state index contributed by atoms with van der Waals surface area (Å²) in [6.07, 6.45) is 1.31. The van der Waals surface area contributed by atoms with E-state index >= 15 is 0 Å². The number of fused-ring (bicyclic) bond motifs is 1. The van der Waals surface area contributed by atoms with Crippen LogP contribution in [0.4, 0.5) is 0 Å². The van der Waals surface area contributed by atoms with Crippen LogP contribution in [-0.2, 0) is 9.59 Å². The van der Waals surface area contributed by atoms with Crippen molar-refractivity contribution in [2.75, 3.05) is 12.3 Å². The van der Waals surface area contributed by atoms with Gasteiger partial charge in [-0.1, -0.05) is 23.9 Å². The molecular weight excluding hydrogens is 308 g/mol. The zero-order valence-corrected chi connectivity index (χ0v) is 12.8. The van der Waals surface area contributed by atoms with Crippen LogP contribution in [0, 0.1) is 0 Å². The van der Waals surface area contributed by atoms with Crippen molar-refractivity contribution in [3.8, 4) is 0 Å². The number of rotatable bonds is 4. The number of aromatic nitrogens is 1. The second-order valence-corrected chi connectivity index (χ2v) is 7.07. The van der Waals surface area contributed by atoms with E-state index in [1.807, 2.05) is 24.3 Å². The van der Waals surface area contributed by atoms with Gasteiger partial charge in [0.1, 0.15) is 6.04 Å². The third-order valence-corrected chi connectivity index (χ3v) is 5.62. The van der Waals surface area contributed by atoms with Gasteiger partial charge in [-0.3, -0.25) is 4.79 Å². The van der Waals surface area contributed by atoms with Gasteiger partial charge in [0.2, 0.25) is 5.91 Å². The number of hydrogen-bond donors (Lipinski definition) is 1. The van der Waals surface area contributed by atoms with Gasteiger partial charge in [-0.15, -0.1) is 11.3 Å². The molecule has 0 spiro atoms. The molecule has 1 atom stereocenters. The second-order valence-electron chi connectivity index (χ2n) is 4.82. The normalized spacial score (nSPS) is 18.3. The van der Waals surface area contributed by atoms with E-state index in [9.17, 15) is 9.59 Å². The van der Waals surface area contributed by atoms with E-state index in [0.29, 0.717) is 13.0 Å². The molecule has 1 aliphatic heterocycles. The largest absolute Gasteiger partial charge is 0.480 e. The Morgan fingerprint density at radius 1 is 1.43 bits per heavy atom. The van der Waals surface area contributed by atoms with Crippen molar-refractivity contribution in [2.45, 2.75) is 23.2 Å². The average molecular weight is 322 g/mol. The summed E-state index contributed by atoms with van der Waals surface area (Å²) in [6.45, 7) is 0.538. The molecule has 1 fully saturated rings. The van der Waals surface area contributed by atoms with E-state index in [-0.39, 0.29) is 11.7 Å². The van der Waals surface area contributed by atoms with Crippen LogP contribution in [0.15, 0.2) is 28.6 Å². The molecule has 1 aromatic heterocycles. The highest BCUT2D eigenvalue weighted by Gasteiger charge is 2.33. The summed E-state index contributed by atoms with van der Waals surface area (Å²) in [5, 5.41) is 9.10. The Hall–Kier alpha value is -1.60. The average Bonchev–Trinajstić information content (AvgIpc) is 3.10. The number of amides is 1. The van der Waals surface area contributed by atoms with Gasteiger partial charge in [-0.25, -0.2) is 9.78 Å². The molecule has 1 aromatic carbocycles. The molecule has 21 heavy (non-hydrogen) atoms. The predicted octanol–water partition coefficient (Wildman–Crippen LogP) is 2.46. The van der Waals surface area contributed by atoms with Crippen LogP contribution in [0.3, 0.4) is 0 Å². The summed E-state index contributed by atoms with van der Waals surface area (Å²) in [5.74, 6) is -0.793. The molecule has 2 heterocycles. The fraction of sp³-hybridized carbons (Fsp3) is 0.357. The van der Waals surface area contributed by atoms with Crippen molar-refractivity contribution in [1.29, 1.82) is 0 Å². The summed E-state index contributed by atoms with van der Waals surface area (Å²) in [7, 11) is 0. The van der Waals surface area contributed by atoms with Gasteiger partial charge < -0.3 is 10.0 Å². The second kappa shape index (κ2) is 6.03. The van der Waals surface area contributed by atoms with Gasteiger partial charge in [-0.2, -0.15) is 0 Å². The molecule has 0 saturated carbocycles. The molecule has 3 rings (SSSR count). The van der Waals surface area contributed by atoms with Crippen LogP contribution in [0.5, 0.6) is 0 Å². The molecule has 5 nitrogen and oxygen atoms in total. The van der Waals surface area contributed by atoms with E-state index in [0.717, 1.165) is 21.0 Å². The van der Waals surface area contributed by atoms with Gasteiger partial charge >= 0.3 is 5.97 Å². The lowest BCUT2D eigenvalue weighted by molar-refractivity contribution is -0.147. The van der Waals surface area contributed by atoms with Crippen molar-refractivity contribution < 1.29 is 14.7 Å². The van der Waals surface area contributed by atoms with E-state index in [4.69, 9.17) is 5.11 Å². The number of benzene rings is 1. The number of likely N-dealkylation sites (tertiary alicyclic amines) is 1. The van der Waals surface area contributed by atoms with Crippen molar-refractivity contribution in [1.82, 2.24) is 9.88 Å². The number of carbonyl (C=O) groups is 2. The zero-order valence-electron chi connectivity index (χ0n) is 11.2. The van der Waals surface area contributed by atoms with Crippen LogP contribution in [-0.4, -0.2) is 45.2 Å². The Balaban J connectivity index is 1.64. The van der Waals surface area contributed by atoms with Crippen molar-refractivity contribution in [3.05, 3.63) is 24.3 Å². The predicted molar refractivity (Wildman–Crippen MR) is 82.7 cm³/mol. The third-order valence-electron chi connectivity index (χ3n) is 3.45. The Morgan fingerprint density at radius 2 is 2.24 bits per heavy atom. The number of nitrogens with zero attached hydrogens (tertiary/aromatic N) is 2. The van der Waals surface area contributed by atoms with E-state index in [1.54, 1.807) is 11.3 Å². The third kappa shape index (κ3) is 3.03. The lowest BCUT2D eigenvalue weighted by Crippen LogP contribution is -2.41. The molecule has 0 bridgehead atoms. The summed E-state index contributed by atoms with van der Waals surface area (Å²) >= 11 is 2.93. The Labute approximate surface area is 130 Å². The van der Waals surface area contributed by atoms with Crippen LogP contribution in [0.25, 0.3) is 10.2 Å². The standard InChI is InChI=1S/C14H14N2O3S2/c17-12(16-7-3-5-10(16)13(18)19)8-20-14-15-9-4-1-2-6-11(9)21-14/h1-2,4,6,10H,3,5,7-8H2,(H,18,19)/t10-/m1/s1. The number of carboxylic acids is 1. The molecule has 0 unspecified atom stereocenters. The smallest absolute Gasteiger partial charge is 0.326 e. The molecule has 0 radical (unpaired) electrons.